The van der Waals surface area contributed by atoms with Crippen molar-refractivity contribution in [2.45, 2.75) is 19.4 Å². The van der Waals surface area contributed by atoms with Crippen LogP contribution < -0.4 is 0 Å². The molecule has 2 rings (SSSR count). The Labute approximate surface area is 96.9 Å². The molecule has 0 spiro atoms. The fourth-order valence-corrected chi connectivity index (χ4v) is 1.41. The second-order valence-corrected chi connectivity index (χ2v) is 4.12. The molecule has 17 heavy (non-hydrogen) atoms. The molecule has 8 heteroatoms. The molecule has 0 saturated carbocycles. The smallest absolute Gasteiger partial charge is 0.331 e. The van der Waals surface area contributed by atoms with Gasteiger partial charge in [0.1, 0.15) is 5.69 Å². The molecule has 2 heterocycles. The molecule has 2 aromatic heterocycles. The molecule has 2 aromatic rings. The lowest BCUT2D eigenvalue weighted by molar-refractivity contribution is -0.146. The fraction of sp³-hybridized carbons (Fsp3) is 0.444. The van der Waals surface area contributed by atoms with Gasteiger partial charge in [-0.25, -0.2) is 9.48 Å². The van der Waals surface area contributed by atoms with Crippen LogP contribution in [0.25, 0.3) is 11.5 Å². The first-order chi connectivity index (χ1) is 7.94. The Morgan fingerprint density at radius 2 is 2.18 bits per heavy atom. The van der Waals surface area contributed by atoms with Crippen molar-refractivity contribution in [3.05, 3.63) is 12.3 Å². The number of carboxylic acid groups (broad SMARTS) is 1. The number of carbonyl (C=O) groups is 1. The number of aromatic nitrogens is 6. The van der Waals surface area contributed by atoms with Crippen molar-refractivity contribution in [2.24, 2.45) is 7.05 Å². The maximum atomic E-state index is 11.2. The summed E-state index contributed by atoms with van der Waals surface area (Å²) in [6.45, 7) is 3.07. The number of carboxylic acids is 1. The number of tetrazole rings is 1. The van der Waals surface area contributed by atoms with Crippen LogP contribution in [-0.2, 0) is 17.4 Å². The van der Waals surface area contributed by atoms with Crippen molar-refractivity contribution in [3.8, 4) is 11.5 Å². The van der Waals surface area contributed by atoms with Crippen molar-refractivity contribution in [3.63, 3.8) is 0 Å². The number of aryl methyl sites for hydroxylation is 1. The summed E-state index contributed by atoms with van der Waals surface area (Å²) in [6.07, 6.45) is 1.60. The van der Waals surface area contributed by atoms with E-state index in [1.54, 1.807) is 24.0 Å². The minimum atomic E-state index is -1.22. The molecular formula is C9H12N6O2. The lowest BCUT2D eigenvalue weighted by Gasteiger charge is -2.20. The lowest BCUT2D eigenvalue weighted by atomic mass is 10.1. The summed E-state index contributed by atoms with van der Waals surface area (Å²) < 4.78 is 2.85. The summed E-state index contributed by atoms with van der Waals surface area (Å²) in [6, 6.07) is 1.72. The number of nitrogens with zero attached hydrogens (tertiary/aromatic N) is 6. The highest BCUT2D eigenvalue weighted by Gasteiger charge is 2.34. The zero-order chi connectivity index (χ0) is 12.6. The summed E-state index contributed by atoms with van der Waals surface area (Å²) in [5, 5.41) is 24.3. The Morgan fingerprint density at radius 3 is 2.71 bits per heavy atom. The van der Waals surface area contributed by atoms with Crippen LogP contribution in [0.2, 0.25) is 0 Å². The SMILES string of the molecule is Cn1nccc1-c1nnnn1C(C)(C)C(=O)O. The molecule has 0 radical (unpaired) electrons. The topological polar surface area (TPSA) is 98.7 Å². The standard InChI is InChI=1S/C9H12N6O2/c1-9(2,8(16)17)15-7(11-12-13-15)6-4-5-10-14(6)3/h4-5H,1-3H3,(H,16,17). The van der Waals surface area contributed by atoms with Crippen molar-refractivity contribution in [1.82, 2.24) is 30.0 Å². The molecule has 0 fully saturated rings. The van der Waals surface area contributed by atoms with E-state index >= 15 is 0 Å². The predicted molar refractivity (Wildman–Crippen MR) is 57.0 cm³/mol. The largest absolute Gasteiger partial charge is 0.479 e. The highest BCUT2D eigenvalue weighted by Crippen LogP contribution is 2.22. The number of rotatable bonds is 3. The first-order valence-electron chi connectivity index (χ1n) is 4.95. The van der Waals surface area contributed by atoms with Gasteiger partial charge in [0, 0.05) is 13.2 Å². The van der Waals surface area contributed by atoms with E-state index in [9.17, 15) is 4.79 Å². The van der Waals surface area contributed by atoms with E-state index in [4.69, 9.17) is 5.11 Å². The zero-order valence-corrected chi connectivity index (χ0v) is 9.69. The van der Waals surface area contributed by atoms with Crippen LogP contribution in [0.3, 0.4) is 0 Å². The third-order valence-corrected chi connectivity index (χ3v) is 2.57. The second kappa shape index (κ2) is 3.65. The van der Waals surface area contributed by atoms with Crippen molar-refractivity contribution < 1.29 is 9.90 Å². The quantitative estimate of drug-likeness (QED) is 0.798. The Hall–Kier alpha value is -2.25. The summed E-state index contributed by atoms with van der Waals surface area (Å²) >= 11 is 0. The molecule has 8 nitrogen and oxygen atoms in total. The summed E-state index contributed by atoms with van der Waals surface area (Å²) in [7, 11) is 1.74. The third-order valence-electron chi connectivity index (χ3n) is 2.57. The minimum absolute atomic E-state index is 0.373. The number of hydrogen-bond donors (Lipinski definition) is 1. The van der Waals surface area contributed by atoms with Crippen LogP contribution in [0.5, 0.6) is 0 Å². The predicted octanol–water partition coefficient (Wildman–Crippen LogP) is -0.107. The average Bonchev–Trinajstić information content (AvgIpc) is 2.84. The van der Waals surface area contributed by atoms with E-state index in [-0.39, 0.29) is 0 Å². The van der Waals surface area contributed by atoms with Gasteiger partial charge in [0.15, 0.2) is 5.54 Å². The summed E-state index contributed by atoms with van der Waals surface area (Å²) in [4.78, 5) is 11.2. The Balaban J connectivity index is 2.57. The summed E-state index contributed by atoms with van der Waals surface area (Å²) in [5.41, 5.74) is -0.562. The molecule has 0 unspecified atom stereocenters. The first-order valence-corrected chi connectivity index (χ1v) is 4.95. The summed E-state index contributed by atoms with van der Waals surface area (Å²) in [5.74, 6) is -0.634. The van der Waals surface area contributed by atoms with Gasteiger partial charge >= 0.3 is 5.97 Å². The molecule has 0 aliphatic carbocycles. The molecule has 0 amide bonds. The highest BCUT2D eigenvalue weighted by molar-refractivity contribution is 5.76. The normalized spacial score (nSPS) is 11.7. The van der Waals surface area contributed by atoms with Gasteiger partial charge in [-0.15, -0.1) is 5.10 Å². The van der Waals surface area contributed by atoms with Crippen molar-refractivity contribution in [1.29, 1.82) is 0 Å². The van der Waals surface area contributed by atoms with Crippen LogP contribution in [0, 0.1) is 0 Å². The van der Waals surface area contributed by atoms with Gasteiger partial charge in [0.05, 0.1) is 0 Å². The molecule has 0 aliphatic heterocycles. The maximum Gasteiger partial charge on any atom is 0.331 e. The number of hydrogen-bond acceptors (Lipinski definition) is 5. The number of aliphatic carboxylic acids is 1. The highest BCUT2D eigenvalue weighted by atomic mass is 16.4. The average molecular weight is 236 g/mol. The van der Waals surface area contributed by atoms with Gasteiger partial charge < -0.3 is 5.11 Å². The molecular weight excluding hydrogens is 224 g/mol. The fourth-order valence-electron chi connectivity index (χ4n) is 1.41. The molecule has 0 aromatic carbocycles. The third kappa shape index (κ3) is 1.67. The van der Waals surface area contributed by atoms with Crippen LogP contribution in [-0.4, -0.2) is 41.1 Å². The molecule has 0 aliphatic rings. The first kappa shape index (κ1) is 11.2. The lowest BCUT2D eigenvalue weighted by Crippen LogP contribution is -2.37. The van der Waals surface area contributed by atoms with Crippen LogP contribution in [0.4, 0.5) is 0 Å². The molecule has 0 atom stereocenters. The van der Waals surface area contributed by atoms with Crippen LogP contribution >= 0.6 is 0 Å². The minimum Gasteiger partial charge on any atom is -0.479 e. The van der Waals surface area contributed by atoms with Gasteiger partial charge in [-0.05, 0) is 30.3 Å². The van der Waals surface area contributed by atoms with E-state index in [1.807, 2.05) is 0 Å². The van der Waals surface area contributed by atoms with E-state index in [0.717, 1.165) is 0 Å². The molecule has 90 valence electrons. The molecule has 0 bridgehead atoms. The Morgan fingerprint density at radius 1 is 1.47 bits per heavy atom. The Bertz CT molecular complexity index is 555. The zero-order valence-electron chi connectivity index (χ0n) is 9.69. The molecule has 0 saturated heterocycles. The van der Waals surface area contributed by atoms with Crippen molar-refractivity contribution >= 4 is 5.97 Å². The second-order valence-electron chi connectivity index (χ2n) is 4.12. The van der Waals surface area contributed by atoms with Gasteiger partial charge in [0.2, 0.25) is 5.82 Å². The van der Waals surface area contributed by atoms with Gasteiger partial charge in [0.25, 0.3) is 0 Å². The van der Waals surface area contributed by atoms with E-state index in [0.29, 0.717) is 11.5 Å². The maximum absolute atomic E-state index is 11.2. The van der Waals surface area contributed by atoms with E-state index in [1.165, 1.54) is 18.5 Å². The molecule has 1 N–H and O–H groups in total. The van der Waals surface area contributed by atoms with E-state index in [2.05, 4.69) is 20.6 Å². The van der Waals surface area contributed by atoms with Crippen molar-refractivity contribution in [2.75, 3.05) is 0 Å². The van der Waals surface area contributed by atoms with E-state index < -0.39 is 11.5 Å². The van der Waals surface area contributed by atoms with Crippen LogP contribution in [0.15, 0.2) is 12.3 Å². The van der Waals surface area contributed by atoms with Gasteiger partial charge in [-0.2, -0.15) is 5.10 Å². The monoisotopic (exact) mass is 236 g/mol. The van der Waals surface area contributed by atoms with Gasteiger partial charge in [-0.1, -0.05) is 0 Å². The van der Waals surface area contributed by atoms with Gasteiger partial charge in [-0.3, -0.25) is 4.68 Å². The van der Waals surface area contributed by atoms with Crippen LogP contribution in [0.1, 0.15) is 13.8 Å². The Kier molecular flexibility index (Phi) is 2.41.